The lowest BCUT2D eigenvalue weighted by atomic mass is 10.2. The highest BCUT2D eigenvalue weighted by Gasteiger charge is 2.36. The Bertz CT molecular complexity index is 643. The SMILES string of the molecule is O=C(O)CC1CS(=O)(=O)CCN1C(=O)OCc1ccccc1. The van der Waals surface area contributed by atoms with E-state index in [0.717, 1.165) is 5.56 Å². The van der Waals surface area contributed by atoms with Crippen LogP contribution in [-0.4, -0.2) is 54.6 Å². The van der Waals surface area contributed by atoms with E-state index in [0.29, 0.717) is 0 Å². The molecule has 1 N–H and O–H groups in total. The van der Waals surface area contributed by atoms with Gasteiger partial charge in [0.15, 0.2) is 9.84 Å². The Kier molecular flexibility index (Phi) is 5.02. The Hall–Kier alpha value is -2.09. The smallest absolute Gasteiger partial charge is 0.410 e. The second kappa shape index (κ2) is 6.78. The number of carboxylic acid groups (broad SMARTS) is 1. The highest BCUT2D eigenvalue weighted by Crippen LogP contribution is 2.17. The zero-order valence-electron chi connectivity index (χ0n) is 11.8. The first-order valence-corrected chi connectivity index (χ1v) is 8.59. The lowest BCUT2D eigenvalue weighted by Crippen LogP contribution is -2.52. The minimum Gasteiger partial charge on any atom is -0.481 e. The van der Waals surface area contributed by atoms with E-state index in [1.165, 1.54) is 4.90 Å². The Morgan fingerprint density at radius 3 is 2.59 bits per heavy atom. The van der Waals surface area contributed by atoms with Crippen molar-refractivity contribution in [2.75, 3.05) is 18.1 Å². The summed E-state index contributed by atoms with van der Waals surface area (Å²) in [6.07, 6.45) is -1.11. The maximum absolute atomic E-state index is 12.1. The highest BCUT2D eigenvalue weighted by atomic mass is 32.2. The zero-order valence-corrected chi connectivity index (χ0v) is 12.7. The number of aliphatic carboxylic acids is 1. The van der Waals surface area contributed by atoms with Gasteiger partial charge >= 0.3 is 12.1 Å². The first kappa shape index (κ1) is 16.3. The molecule has 1 aliphatic rings. The van der Waals surface area contributed by atoms with E-state index < -0.39 is 34.4 Å². The van der Waals surface area contributed by atoms with Crippen molar-refractivity contribution in [2.45, 2.75) is 19.1 Å². The number of carbonyl (C=O) groups excluding carboxylic acids is 1. The van der Waals surface area contributed by atoms with Crippen molar-refractivity contribution in [3.8, 4) is 0 Å². The lowest BCUT2D eigenvalue weighted by molar-refractivity contribution is -0.138. The molecule has 120 valence electrons. The molecule has 1 atom stereocenters. The quantitative estimate of drug-likeness (QED) is 0.881. The van der Waals surface area contributed by atoms with E-state index in [9.17, 15) is 18.0 Å². The minimum atomic E-state index is -3.32. The molecule has 0 saturated carbocycles. The first-order valence-electron chi connectivity index (χ1n) is 6.77. The van der Waals surface area contributed by atoms with Gasteiger partial charge in [-0.3, -0.25) is 4.79 Å². The molecule has 8 heteroatoms. The Labute approximate surface area is 128 Å². The summed E-state index contributed by atoms with van der Waals surface area (Å²) in [6.45, 7) is 0.0105. The number of carboxylic acids is 1. The van der Waals surface area contributed by atoms with Crippen molar-refractivity contribution >= 4 is 21.9 Å². The van der Waals surface area contributed by atoms with Crippen LogP contribution in [0.4, 0.5) is 4.79 Å². The molecule has 0 aliphatic carbocycles. The number of amides is 1. The molecule has 1 aromatic carbocycles. The molecule has 7 nitrogen and oxygen atoms in total. The third-order valence-corrected chi connectivity index (χ3v) is 5.08. The number of nitrogens with zero attached hydrogens (tertiary/aromatic N) is 1. The van der Waals surface area contributed by atoms with Gasteiger partial charge < -0.3 is 14.7 Å². The number of sulfone groups is 1. The predicted molar refractivity (Wildman–Crippen MR) is 78.0 cm³/mol. The Balaban J connectivity index is 2.01. The maximum atomic E-state index is 12.1. The molecule has 0 spiro atoms. The van der Waals surface area contributed by atoms with Gasteiger partial charge in [0.1, 0.15) is 6.61 Å². The van der Waals surface area contributed by atoms with Crippen LogP contribution >= 0.6 is 0 Å². The van der Waals surface area contributed by atoms with Crippen molar-refractivity contribution in [1.29, 1.82) is 0 Å². The maximum Gasteiger partial charge on any atom is 0.410 e. The summed E-state index contributed by atoms with van der Waals surface area (Å²) in [7, 11) is -3.32. The molecule has 0 bridgehead atoms. The van der Waals surface area contributed by atoms with Gasteiger partial charge in [0, 0.05) is 6.54 Å². The molecule has 1 aromatic rings. The number of carbonyl (C=O) groups is 2. The van der Waals surface area contributed by atoms with Gasteiger partial charge in [-0.1, -0.05) is 30.3 Å². The van der Waals surface area contributed by atoms with Crippen molar-refractivity contribution in [2.24, 2.45) is 0 Å². The van der Waals surface area contributed by atoms with Crippen LogP contribution in [0.5, 0.6) is 0 Å². The summed E-state index contributed by atoms with van der Waals surface area (Å²) >= 11 is 0. The second-order valence-electron chi connectivity index (χ2n) is 5.10. The van der Waals surface area contributed by atoms with Gasteiger partial charge in [-0.25, -0.2) is 13.2 Å². The van der Waals surface area contributed by atoms with E-state index in [1.54, 1.807) is 12.1 Å². The van der Waals surface area contributed by atoms with Crippen LogP contribution in [0.25, 0.3) is 0 Å². The Morgan fingerprint density at radius 2 is 1.95 bits per heavy atom. The standard InChI is InChI=1S/C14H17NO6S/c16-13(17)8-12-10-22(19,20)7-6-15(12)14(18)21-9-11-4-2-1-3-5-11/h1-5,12H,6-10H2,(H,16,17). The van der Waals surface area contributed by atoms with Crippen LogP contribution in [-0.2, 0) is 26.0 Å². The van der Waals surface area contributed by atoms with Crippen molar-refractivity contribution in [3.63, 3.8) is 0 Å². The molecule has 22 heavy (non-hydrogen) atoms. The lowest BCUT2D eigenvalue weighted by Gasteiger charge is -2.33. The van der Waals surface area contributed by atoms with Crippen molar-refractivity contribution in [3.05, 3.63) is 35.9 Å². The largest absolute Gasteiger partial charge is 0.481 e. The van der Waals surface area contributed by atoms with Crippen LogP contribution in [0.1, 0.15) is 12.0 Å². The van der Waals surface area contributed by atoms with E-state index in [2.05, 4.69) is 0 Å². The van der Waals surface area contributed by atoms with E-state index in [-0.39, 0.29) is 24.7 Å². The summed E-state index contributed by atoms with van der Waals surface area (Å²) in [6, 6.07) is 8.16. The van der Waals surface area contributed by atoms with Crippen LogP contribution in [0.2, 0.25) is 0 Å². The molecule has 1 amide bonds. The van der Waals surface area contributed by atoms with Crippen molar-refractivity contribution in [1.82, 2.24) is 4.90 Å². The van der Waals surface area contributed by atoms with Crippen LogP contribution < -0.4 is 0 Å². The van der Waals surface area contributed by atoms with Crippen LogP contribution in [0.3, 0.4) is 0 Å². The van der Waals surface area contributed by atoms with Gasteiger partial charge in [-0.05, 0) is 5.56 Å². The van der Waals surface area contributed by atoms with Gasteiger partial charge in [0.2, 0.25) is 0 Å². The molecule has 1 saturated heterocycles. The number of hydrogen-bond acceptors (Lipinski definition) is 5. The topological polar surface area (TPSA) is 101 Å². The molecule has 1 heterocycles. The average molecular weight is 327 g/mol. The average Bonchev–Trinajstić information content (AvgIpc) is 2.44. The third kappa shape index (κ3) is 4.45. The van der Waals surface area contributed by atoms with Crippen LogP contribution in [0.15, 0.2) is 30.3 Å². The predicted octanol–water partition coefficient (Wildman–Crippen LogP) is 0.897. The summed E-state index contributed by atoms with van der Waals surface area (Å²) in [4.78, 5) is 24.1. The minimum absolute atomic E-state index is 0.0477. The third-order valence-electron chi connectivity index (χ3n) is 3.38. The number of benzene rings is 1. The summed E-state index contributed by atoms with van der Waals surface area (Å²) in [5.41, 5.74) is 0.801. The highest BCUT2D eigenvalue weighted by molar-refractivity contribution is 7.91. The molecule has 2 rings (SSSR count). The fraction of sp³-hybridized carbons (Fsp3) is 0.429. The first-order chi connectivity index (χ1) is 10.4. The van der Waals surface area contributed by atoms with Gasteiger partial charge in [-0.2, -0.15) is 0 Å². The molecule has 0 aromatic heterocycles. The second-order valence-corrected chi connectivity index (χ2v) is 7.33. The van der Waals surface area contributed by atoms with E-state index in [1.807, 2.05) is 18.2 Å². The fourth-order valence-electron chi connectivity index (χ4n) is 2.30. The van der Waals surface area contributed by atoms with Crippen LogP contribution in [0, 0.1) is 0 Å². The number of ether oxygens (including phenoxy) is 1. The van der Waals surface area contributed by atoms with Crippen molar-refractivity contribution < 1.29 is 27.9 Å². The number of hydrogen-bond donors (Lipinski definition) is 1. The summed E-state index contributed by atoms with van der Waals surface area (Å²) < 4.78 is 28.4. The Morgan fingerprint density at radius 1 is 1.27 bits per heavy atom. The zero-order chi connectivity index (χ0) is 16.2. The molecular formula is C14H17NO6S. The molecule has 1 aliphatic heterocycles. The number of rotatable bonds is 4. The van der Waals surface area contributed by atoms with Gasteiger partial charge in [-0.15, -0.1) is 0 Å². The van der Waals surface area contributed by atoms with Gasteiger partial charge in [0.25, 0.3) is 0 Å². The summed E-state index contributed by atoms with van der Waals surface area (Å²) in [5.74, 6) is -1.67. The molecule has 1 unspecified atom stereocenters. The van der Waals surface area contributed by atoms with Gasteiger partial charge in [0.05, 0.1) is 24.0 Å². The molecule has 1 fully saturated rings. The molecular weight excluding hydrogens is 310 g/mol. The monoisotopic (exact) mass is 327 g/mol. The normalized spacial score (nSPS) is 20.4. The van der Waals surface area contributed by atoms with E-state index >= 15 is 0 Å². The fourth-order valence-corrected chi connectivity index (χ4v) is 3.83. The summed E-state index contributed by atoms with van der Waals surface area (Å²) in [5, 5.41) is 8.87. The van der Waals surface area contributed by atoms with E-state index in [4.69, 9.17) is 9.84 Å². The molecule has 0 radical (unpaired) electrons.